The molecule has 1 aromatic heterocycles. The van der Waals surface area contributed by atoms with Crippen LogP contribution in [0.1, 0.15) is 40.7 Å². The Morgan fingerprint density at radius 2 is 1.94 bits per heavy atom. The summed E-state index contributed by atoms with van der Waals surface area (Å²) in [6, 6.07) is 14.5. The summed E-state index contributed by atoms with van der Waals surface area (Å²) in [4.78, 5) is 39.7. The van der Waals surface area contributed by atoms with E-state index in [1.807, 2.05) is 29.7 Å². The number of fused-ring (bicyclic) bond motifs is 1. The third-order valence-corrected chi connectivity index (χ3v) is 6.58. The van der Waals surface area contributed by atoms with Crippen molar-refractivity contribution in [1.29, 1.82) is 5.26 Å². The summed E-state index contributed by atoms with van der Waals surface area (Å²) in [6.07, 6.45) is 1.52. The first-order valence-corrected chi connectivity index (χ1v) is 11.3. The van der Waals surface area contributed by atoms with E-state index in [4.69, 9.17) is 10.00 Å². The smallest absolute Gasteiger partial charge is 0.343 e. The van der Waals surface area contributed by atoms with E-state index in [9.17, 15) is 14.4 Å². The maximum Gasteiger partial charge on any atom is 0.343 e. The predicted molar refractivity (Wildman–Crippen MR) is 124 cm³/mol. The monoisotopic (exact) mass is 447 g/mol. The Bertz CT molecular complexity index is 1310. The van der Waals surface area contributed by atoms with Crippen molar-refractivity contribution in [2.45, 2.75) is 25.8 Å². The van der Waals surface area contributed by atoms with Crippen LogP contribution in [0.3, 0.4) is 0 Å². The Balaban J connectivity index is 1.80. The number of hydrogen-bond donors (Lipinski definition) is 0. The molecule has 162 valence electrons. The minimum absolute atomic E-state index is 0.00258. The third-order valence-electron chi connectivity index (χ3n) is 5.37. The number of thioether (sulfide) groups is 1. The summed E-state index contributed by atoms with van der Waals surface area (Å²) >= 11 is 1.51. The van der Waals surface area contributed by atoms with Gasteiger partial charge in [0, 0.05) is 23.8 Å². The van der Waals surface area contributed by atoms with Gasteiger partial charge in [0.2, 0.25) is 11.3 Å². The van der Waals surface area contributed by atoms with Crippen LogP contribution in [0.15, 0.2) is 53.5 Å². The second-order valence-corrected chi connectivity index (χ2v) is 8.31. The molecule has 0 radical (unpaired) electrons. The fraction of sp³-hybridized carbons (Fsp3) is 0.250. The first kappa shape index (κ1) is 21.7. The number of hydrogen-bond acceptors (Lipinski definition) is 6. The molecular weight excluding hydrogens is 426 g/mol. The Hall–Kier alpha value is -3.57. The first-order chi connectivity index (χ1) is 15.5. The number of ether oxygens (including phenoxy) is 1. The number of esters is 1. The minimum atomic E-state index is -0.641. The molecule has 1 unspecified atom stereocenters. The summed E-state index contributed by atoms with van der Waals surface area (Å²) in [5.41, 5.74) is 2.41. The molecule has 0 N–H and O–H groups in total. The zero-order valence-electron chi connectivity index (χ0n) is 17.7. The number of amides is 1. The molecule has 7 nitrogen and oxygen atoms in total. The van der Waals surface area contributed by atoms with Gasteiger partial charge >= 0.3 is 5.97 Å². The highest BCUT2D eigenvalue weighted by atomic mass is 32.2. The van der Waals surface area contributed by atoms with Gasteiger partial charge in [0.1, 0.15) is 10.9 Å². The van der Waals surface area contributed by atoms with Crippen LogP contribution >= 0.6 is 11.8 Å². The number of pyridine rings is 1. The number of nitriles is 1. The number of aromatic nitrogens is 1. The lowest BCUT2D eigenvalue weighted by atomic mass is 10.1. The Morgan fingerprint density at radius 3 is 2.59 bits per heavy atom. The molecule has 32 heavy (non-hydrogen) atoms. The van der Waals surface area contributed by atoms with Crippen molar-refractivity contribution >= 4 is 40.2 Å². The van der Waals surface area contributed by atoms with Crippen molar-refractivity contribution in [2.24, 2.45) is 0 Å². The fourth-order valence-corrected chi connectivity index (χ4v) is 4.99. The zero-order chi connectivity index (χ0) is 22.8. The van der Waals surface area contributed by atoms with Crippen molar-refractivity contribution in [3.8, 4) is 6.07 Å². The van der Waals surface area contributed by atoms with E-state index in [2.05, 4.69) is 6.07 Å². The number of nitrogens with zero attached hydrogens (tertiary/aromatic N) is 3. The van der Waals surface area contributed by atoms with Gasteiger partial charge in [-0.25, -0.2) is 4.79 Å². The summed E-state index contributed by atoms with van der Waals surface area (Å²) in [5.74, 6) is -0.333. The van der Waals surface area contributed by atoms with Gasteiger partial charge in [-0.05, 0) is 49.7 Å². The molecule has 0 spiro atoms. The Labute approximate surface area is 189 Å². The van der Waals surface area contributed by atoms with Gasteiger partial charge in [-0.3, -0.25) is 14.5 Å². The second-order valence-electron chi connectivity index (χ2n) is 7.24. The van der Waals surface area contributed by atoms with Gasteiger partial charge in [-0.15, -0.1) is 11.8 Å². The van der Waals surface area contributed by atoms with Crippen molar-refractivity contribution in [3.05, 3.63) is 75.6 Å². The van der Waals surface area contributed by atoms with E-state index in [-0.39, 0.29) is 28.9 Å². The van der Waals surface area contributed by atoms with Gasteiger partial charge in [-0.2, -0.15) is 5.26 Å². The standard InChI is InChI=1S/C24H21N3O4S/c1-3-26-13-19(24(30)31-4-2)22(29)18-10-9-17(11-20(18)26)27-21(28)14-32-23(27)16-7-5-15(12-25)6-8-16/h5-11,13,23H,3-4,14H2,1-2H3. The van der Waals surface area contributed by atoms with Crippen LogP contribution in [-0.4, -0.2) is 28.8 Å². The summed E-state index contributed by atoms with van der Waals surface area (Å²) in [5, 5.41) is 9.22. The summed E-state index contributed by atoms with van der Waals surface area (Å²) < 4.78 is 6.84. The van der Waals surface area contributed by atoms with Gasteiger partial charge in [0.05, 0.1) is 29.5 Å². The van der Waals surface area contributed by atoms with E-state index in [1.165, 1.54) is 18.0 Å². The largest absolute Gasteiger partial charge is 0.462 e. The van der Waals surface area contributed by atoms with Gasteiger partial charge in [0.25, 0.3) is 0 Å². The number of carbonyl (C=O) groups is 2. The van der Waals surface area contributed by atoms with Crippen molar-refractivity contribution in [3.63, 3.8) is 0 Å². The van der Waals surface area contributed by atoms with Crippen LogP contribution in [0, 0.1) is 11.3 Å². The van der Waals surface area contributed by atoms with Crippen LogP contribution in [0.5, 0.6) is 0 Å². The second kappa shape index (κ2) is 8.89. The molecular formula is C24H21N3O4S. The molecule has 0 saturated carbocycles. The van der Waals surface area contributed by atoms with Gasteiger partial charge in [-0.1, -0.05) is 12.1 Å². The lowest BCUT2D eigenvalue weighted by Crippen LogP contribution is -2.28. The number of benzene rings is 2. The summed E-state index contributed by atoms with van der Waals surface area (Å²) in [6.45, 7) is 4.34. The van der Waals surface area contributed by atoms with E-state index in [0.717, 1.165) is 5.56 Å². The van der Waals surface area contributed by atoms with Crippen LogP contribution in [-0.2, 0) is 16.1 Å². The van der Waals surface area contributed by atoms with Gasteiger partial charge in [0.15, 0.2) is 0 Å². The van der Waals surface area contributed by atoms with Crippen LogP contribution in [0.2, 0.25) is 0 Å². The molecule has 1 aliphatic heterocycles. The number of rotatable bonds is 5. The molecule has 1 saturated heterocycles. The predicted octanol–water partition coefficient (Wildman–Crippen LogP) is 3.85. The Kier molecular flexibility index (Phi) is 6.01. The first-order valence-electron chi connectivity index (χ1n) is 10.3. The van der Waals surface area contributed by atoms with E-state index >= 15 is 0 Å². The minimum Gasteiger partial charge on any atom is -0.462 e. The molecule has 1 fully saturated rings. The third kappa shape index (κ3) is 3.76. The molecule has 4 rings (SSSR count). The fourth-order valence-electron chi connectivity index (χ4n) is 3.82. The van der Waals surface area contributed by atoms with Gasteiger partial charge < -0.3 is 9.30 Å². The lowest BCUT2D eigenvalue weighted by molar-refractivity contribution is -0.115. The van der Waals surface area contributed by atoms with Crippen molar-refractivity contribution < 1.29 is 14.3 Å². The average molecular weight is 448 g/mol. The van der Waals surface area contributed by atoms with Crippen molar-refractivity contribution in [2.75, 3.05) is 17.3 Å². The molecule has 0 aliphatic carbocycles. The summed E-state index contributed by atoms with van der Waals surface area (Å²) in [7, 11) is 0. The highest BCUT2D eigenvalue weighted by Crippen LogP contribution is 2.42. The molecule has 1 aliphatic rings. The molecule has 1 amide bonds. The molecule has 1 atom stereocenters. The normalized spacial score (nSPS) is 15.7. The Morgan fingerprint density at radius 1 is 1.19 bits per heavy atom. The molecule has 2 heterocycles. The van der Waals surface area contributed by atoms with E-state index in [0.29, 0.717) is 34.5 Å². The molecule has 8 heteroatoms. The highest BCUT2D eigenvalue weighted by molar-refractivity contribution is 8.00. The van der Waals surface area contributed by atoms with Crippen molar-refractivity contribution in [1.82, 2.24) is 4.57 Å². The van der Waals surface area contributed by atoms with E-state index in [1.54, 1.807) is 36.1 Å². The number of anilines is 1. The van der Waals surface area contributed by atoms with Crippen LogP contribution in [0.4, 0.5) is 5.69 Å². The quantitative estimate of drug-likeness (QED) is 0.552. The number of carbonyl (C=O) groups excluding carboxylic acids is 2. The molecule has 3 aromatic rings. The van der Waals surface area contributed by atoms with E-state index < -0.39 is 5.97 Å². The van der Waals surface area contributed by atoms with Crippen LogP contribution < -0.4 is 10.3 Å². The topological polar surface area (TPSA) is 92.4 Å². The van der Waals surface area contributed by atoms with Crippen LogP contribution in [0.25, 0.3) is 10.9 Å². The average Bonchev–Trinajstić information content (AvgIpc) is 3.20. The molecule has 0 bridgehead atoms. The maximum absolute atomic E-state index is 12.9. The SMILES string of the molecule is CCOC(=O)c1cn(CC)c2cc(N3C(=O)CSC3c3ccc(C#N)cc3)ccc2c1=O. The number of aryl methyl sites for hydroxylation is 1. The molecule has 2 aromatic carbocycles. The highest BCUT2D eigenvalue weighted by Gasteiger charge is 2.34. The lowest BCUT2D eigenvalue weighted by Gasteiger charge is -2.25. The maximum atomic E-state index is 12.9. The zero-order valence-corrected chi connectivity index (χ0v) is 18.5.